The SMILES string of the molecule is O=C(Nc1ccc(F)cc1F)c1cc(C(=O)N2CCCCCC2)ccn1. The highest BCUT2D eigenvalue weighted by Gasteiger charge is 2.19. The second-order valence-corrected chi connectivity index (χ2v) is 6.21. The second kappa shape index (κ2) is 8.03. The van der Waals surface area contributed by atoms with Crippen LogP contribution in [0.5, 0.6) is 0 Å². The maximum absolute atomic E-state index is 13.7. The van der Waals surface area contributed by atoms with Crippen molar-refractivity contribution in [3.8, 4) is 0 Å². The lowest BCUT2D eigenvalue weighted by Gasteiger charge is -2.20. The maximum Gasteiger partial charge on any atom is 0.274 e. The molecule has 0 unspecified atom stereocenters. The van der Waals surface area contributed by atoms with Crippen LogP contribution in [0.1, 0.15) is 46.5 Å². The quantitative estimate of drug-likeness (QED) is 0.910. The number of amides is 2. The highest BCUT2D eigenvalue weighted by Crippen LogP contribution is 2.17. The molecule has 0 bridgehead atoms. The normalized spacial score (nSPS) is 14.6. The summed E-state index contributed by atoms with van der Waals surface area (Å²) in [5, 5.41) is 2.34. The first-order valence-corrected chi connectivity index (χ1v) is 8.56. The Morgan fingerprint density at radius 3 is 2.42 bits per heavy atom. The zero-order valence-corrected chi connectivity index (χ0v) is 14.2. The molecular formula is C19H19F2N3O2. The third-order valence-electron chi connectivity index (χ3n) is 4.31. The van der Waals surface area contributed by atoms with Crippen LogP contribution in [0.4, 0.5) is 14.5 Å². The number of rotatable bonds is 3. The topological polar surface area (TPSA) is 62.3 Å². The lowest BCUT2D eigenvalue weighted by molar-refractivity contribution is 0.0761. The Morgan fingerprint density at radius 1 is 1.00 bits per heavy atom. The Kier molecular flexibility index (Phi) is 5.55. The van der Waals surface area contributed by atoms with E-state index in [2.05, 4.69) is 10.3 Å². The van der Waals surface area contributed by atoms with Gasteiger partial charge in [-0.15, -0.1) is 0 Å². The van der Waals surface area contributed by atoms with Crippen molar-refractivity contribution < 1.29 is 18.4 Å². The average Bonchev–Trinajstić information content (AvgIpc) is 2.93. The van der Waals surface area contributed by atoms with Crippen molar-refractivity contribution in [1.29, 1.82) is 0 Å². The molecule has 26 heavy (non-hydrogen) atoms. The highest BCUT2D eigenvalue weighted by atomic mass is 19.1. The number of hydrogen-bond donors (Lipinski definition) is 1. The number of benzene rings is 1. The fraction of sp³-hybridized carbons (Fsp3) is 0.316. The van der Waals surface area contributed by atoms with Crippen molar-refractivity contribution in [2.45, 2.75) is 25.7 Å². The predicted octanol–water partition coefficient (Wildman–Crippen LogP) is 3.63. The molecule has 1 saturated heterocycles. The molecule has 2 amide bonds. The first-order valence-electron chi connectivity index (χ1n) is 8.56. The number of aromatic nitrogens is 1. The molecule has 0 aliphatic carbocycles. The Hall–Kier alpha value is -2.83. The Morgan fingerprint density at radius 2 is 1.73 bits per heavy atom. The second-order valence-electron chi connectivity index (χ2n) is 6.21. The van der Waals surface area contributed by atoms with Gasteiger partial charge in [0, 0.05) is 30.9 Å². The molecule has 1 fully saturated rings. The van der Waals surface area contributed by atoms with Crippen molar-refractivity contribution >= 4 is 17.5 Å². The molecular weight excluding hydrogens is 340 g/mol. The van der Waals surface area contributed by atoms with E-state index < -0.39 is 17.5 Å². The van der Waals surface area contributed by atoms with E-state index in [9.17, 15) is 18.4 Å². The van der Waals surface area contributed by atoms with E-state index in [1.54, 1.807) is 11.0 Å². The van der Waals surface area contributed by atoms with Crippen LogP contribution in [0.3, 0.4) is 0 Å². The molecule has 2 aromatic rings. The first kappa shape index (κ1) is 18.0. The van der Waals surface area contributed by atoms with Gasteiger partial charge in [-0.3, -0.25) is 14.6 Å². The summed E-state index contributed by atoms with van der Waals surface area (Å²) in [6, 6.07) is 5.81. The molecule has 0 radical (unpaired) electrons. The Bertz CT molecular complexity index is 818. The molecule has 3 rings (SSSR count). The minimum atomic E-state index is -0.879. The fourth-order valence-corrected chi connectivity index (χ4v) is 2.92. The van der Waals surface area contributed by atoms with Gasteiger partial charge in [-0.2, -0.15) is 0 Å². The number of pyridine rings is 1. The van der Waals surface area contributed by atoms with Gasteiger partial charge in [0.2, 0.25) is 0 Å². The molecule has 1 N–H and O–H groups in total. The molecule has 1 aliphatic rings. The van der Waals surface area contributed by atoms with Gasteiger partial charge in [-0.1, -0.05) is 12.8 Å². The van der Waals surface area contributed by atoms with E-state index in [0.29, 0.717) is 24.7 Å². The minimum Gasteiger partial charge on any atom is -0.339 e. The number of carbonyl (C=O) groups is 2. The molecule has 0 spiro atoms. The summed E-state index contributed by atoms with van der Waals surface area (Å²) in [7, 11) is 0. The molecule has 2 heterocycles. The van der Waals surface area contributed by atoms with Crippen LogP contribution in [0, 0.1) is 11.6 Å². The molecule has 1 aromatic carbocycles. The number of nitrogens with zero attached hydrogens (tertiary/aromatic N) is 2. The summed E-state index contributed by atoms with van der Waals surface area (Å²) in [4.78, 5) is 30.7. The van der Waals surface area contributed by atoms with Gasteiger partial charge < -0.3 is 10.2 Å². The van der Waals surface area contributed by atoms with Crippen LogP contribution >= 0.6 is 0 Å². The summed E-state index contributed by atoms with van der Waals surface area (Å²) in [5.41, 5.74) is 0.212. The van der Waals surface area contributed by atoms with Crippen LogP contribution in [0.25, 0.3) is 0 Å². The molecule has 5 nitrogen and oxygen atoms in total. The predicted molar refractivity (Wildman–Crippen MR) is 92.9 cm³/mol. The van der Waals surface area contributed by atoms with Crippen molar-refractivity contribution in [3.63, 3.8) is 0 Å². The number of carbonyl (C=O) groups excluding carboxylic acids is 2. The molecule has 7 heteroatoms. The van der Waals surface area contributed by atoms with Crippen LogP contribution in [0.2, 0.25) is 0 Å². The lowest BCUT2D eigenvalue weighted by Crippen LogP contribution is -2.32. The largest absolute Gasteiger partial charge is 0.339 e. The summed E-state index contributed by atoms with van der Waals surface area (Å²) in [5.74, 6) is -2.42. The van der Waals surface area contributed by atoms with Crippen LogP contribution in [0.15, 0.2) is 36.5 Å². The maximum atomic E-state index is 13.7. The summed E-state index contributed by atoms with van der Waals surface area (Å²) >= 11 is 0. The number of hydrogen-bond acceptors (Lipinski definition) is 3. The van der Waals surface area contributed by atoms with E-state index in [1.807, 2.05) is 0 Å². The van der Waals surface area contributed by atoms with Gasteiger partial charge in [0.05, 0.1) is 5.69 Å². The standard InChI is InChI=1S/C19H19F2N3O2/c20-14-5-6-16(15(21)12-14)23-18(25)17-11-13(7-8-22-17)19(26)24-9-3-1-2-4-10-24/h5-8,11-12H,1-4,9-10H2,(H,23,25). The van der Waals surface area contributed by atoms with Gasteiger partial charge in [0.1, 0.15) is 17.3 Å². The van der Waals surface area contributed by atoms with Gasteiger partial charge in [-0.05, 0) is 37.1 Å². The number of likely N-dealkylation sites (tertiary alicyclic amines) is 1. The molecule has 1 aliphatic heterocycles. The van der Waals surface area contributed by atoms with Crippen molar-refractivity contribution in [3.05, 3.63) is 59.4 Å². The molecule has 1 aromatic heterocycles. The zero-order chi connectivity index (χ0) is 18.5. The summed E-state index contributed by atoms with van der Waals surface area (Å²) < 4.78 is 26.6. The van der Waals surface area contributed by atoms with E-state index >= 15 is 0 Å². The third kappa shape index (κ3) is 4.22. The highest BCUT2D eigenvalue weighted by molar-refractivity contribution is 6.04. The molecule has 0 saturated carbocycles. The Balaban J connectivity index is 1.75. The van der Waals surface area contributed by atoms with Crippen LogP contribution in [-0.2, 0) is 0 Å². The molecule has 0 atom stereocenters. The van der Waals surface area contributed by atoms with Crippen molar-refractivity contribution in [1.82, 2.24) is 9.88 Å². The van der Waals surface area contributed by atoms with E-state index in [-0.39, 0.29) is 17.3 Å². The fourth-order valence-electron chi connectivity index (χ4n) is 2.92. The zero-order valence-electron chi connectivity index (χ0n) is 14.2. The van der Waals surface area contributed by atoms with Gasteiger partial charge in [0.25, 0.3) is 11.8 Å². The number of anilines is 1. The van der Waals surface area contributed by atoms with Crippen LogP contribution < -0.4 is 5.32 Å². The third-order valence-corrected chi connectivity index (χ3v) is 4.31. The van der Waals surface area contributed by atoms with E-state index in [1.165, 1.54) is 12.3 Å². The first-order chi connectivity index (χ1) is 12.5. The lowest BCUT2D eigenvalue weighted by atomic mass is 10.2. The summed E-state index contributed by atoms with van der Waals surface area (Å²) in [6.07, 6.45) is 5.52. The monoisotopic (exact) mass is 359 g/mol. The van der Waals surface area contributed by atoms with Gasteiger partial charge in [0.15, 0.2) is 0 Å². The van der Waals surface area contributed by atoms with Gasteiger partial charge in [-0.25, -0.2) is 8.78 Å². The Labute approximate surface area is 150 Å². The number of nitrogens with one attached hydrogen (secondary N) is 1. The summed E-state index contributed by atoms with van der Waals surface area (Å²) in [6.45, 7) is 1.40. The number of halogens is 2. The smallest absolute Gasteiger partial charge is 0.274 e. The van der Waals surface area contributed by atoms with Crippen molar-refractivity contribution in [2.75, 3.05) is 18.4 Å². The average molecular weight is 359 g/mol. The van der Waals surface area contributed by atoms with E-state index in [0.717, 1.165) is 37.8 Å². The van der Waals surface area contributed by atoms with Crippen LogP contribution in [-0.4, -0.2) is 34.8 Å². The van der Waals surface area contributed by atoms with Gasteiger partial charge >= 0.3 is 0 Å². The molecule has 136 valence electrons. The minimum absolute atomic E-state index is 0.00519. The van der Waals surface area contributed by atoms with E-state index in [4.69, 9.17) is 0 Å². The van der Waals surface area contributed by atoms with Crippen molar-refractivity contribution in [2.24, 2.45) is 0 Å².